The number of esters is 1. The molecule has 31 heavy (non-hydrogen) atoms. The van der Waals surface area contributed by atoms with Crippen molar-refractivity contribution >= 4 is 39.9 Å². The smallest absolute Gasteiger partial charge is 0.343 e. The summed E-state index contributed by atoms with van der Waals surface area (Å²) in [6.07, 6.45) is 1.56. The van der Waals surface area contributed by atoms with Crippen LogP contribution in [0.4, 0.5) is 4.79 Å². The summed E-state index contributed by atoms with van der Waals surface area (Å²) in [5.74, 6) is -0.222. The second-order valence-corrected chi connectivity index (χ2v) is 7.34. The van der Waals surface area contributed by atoms with E-state index < -0.39 is 17.9 Å². The van der Waals surface area contributed by atoms with E-state index in [2.05, 4.69) is 26.0 Å². The molecule has 1 N–H and O–H groups in total. The van der Waals surface area contributed by atoms with E-state index >= 15 is 0 Å². The summed E-state index contributed by atoms with van der Waals surface area (Å²) in [7, 11) is 1.27. The van der Waals surface area contributed by atoms with Gasteiger partial charge in [0, 0.05) is 4.47 Å². The van der Waals surface area contributed by atoms with Crippen LogP contribution in [0.25, 0.3) is 6.08 Å². The fourth-order valence-corrected chi connectivity index (χ4v) is 3.31. The van der Waals surface area contributed by atoms with E-state index in [1.165, 1.54) is 7.11 Å². The van der Waals surface area contributed by atoms with Crippen molar-refractivity contribution in [3.05, 3.63) is 63.8 Å². The number of hydrogen-bond donors (Lipinski definition) is 1. The maximum atomic E-state index is 12.8. The van der Waals surface area contributed by atoms with Crippen LogP contribution in [-0.4, -0.2) is 43.1 Å². The molecule has 1 heterocycles. The van der Waals surface area contributed by atoms with Crippen LogP contribution < -0.4 is 14.8 Å². The summed E-state index contributed by atoms with van der Waals surface area (Å²) >= 11 is 3.43. The molecule has 3 amide bonds. The average molecular weight is 489 g/mol. The Bertz CT molecular complexity index is 1020. The van der Waals surface area contributed by atoms with Crippen molar-refractivity contribution in [1.82, 2.24) is 10.2 Å². The van der Waals surface area contributed by atoms with Crippen LogP contribution in [0.5, 0.6) is 11.5 Å². The van der Waals surface area contributed by atoms with Gasteiger partial charge in [0.2, 0.25) is 0 Å². The Balaban J connectivity index is 1.84. The van der Waals surface area contributed by atoms with Gasteiger partial charge in [-0.25, -0.2) is 9.59 Å². The van der Waals surface area contributed by atoms with Gasteiger partial charge in [0.25, 0.3) is 5.91 Å². The molecule has 0 saturated carbocycles. The van der Waals surface area contributed by atoms with Crippen LogP contribution in [0, 0.1) is 0 Å². The third kappa shape index (κ3) is 5.43. The number of ether oxygens (including phenoxy) is 3. The third-order valence-electron chi connectivity index (χ3n) is 4.38. The van der Waals surface area contributed by atoms with Gasteiger partial charge >= 0.3 is 12.0 Å². The van der Waals surface area contributed by atoms with Gasteiger partial charge in [0.05, 0.1) is 20.3 Å². The van der Waals surface area contributed by atoms with E-state index in [0.717, 1.165) is 10.5 Å². The largest absolute Gasteiger partial charge is 0.490 e. The molecule has 0 spiro atoms. The minimum absolute atomic E-state index is 0.146. The highest BCUT2D eigenvalue weighted by Crippen LogP contribution is 2.35. The molecule has 0 aliphatic carbocycles. The molecule has 0 atom stereocenters. The molecule has 1 saturated heterocycles. The van der Waals surface area contributed by atoms with Gasteiger partial charge < -0.3 is 19.5 Å². The number of carbonyl (C=O) groups is 3. The second-order valence-electron chi connectivity index (χ2n) is 6.48. The number of hydrogen-bond acceptors (Lipinski definition) is 6. The van der Waals surface area contributed by atoms with Crippen molar-refractivity contribution in [2.24, 2.45) is 0 Å². The van der Waals surface area contributed by atoms with Crippen molar-refractivity contribution in [3.63, 3.8) is 0 Å². The van der Waals surface area contributed by atoms with E-state index in [1.807, 2.05) is 37.3 Å². The fourth-order valence-electron chi connectivity index (χ4n) is 2.87. The molecule has 1 fully saturated rings. The first-order valence-corrected chi connectivity index (χ1v) is 10.3. The molecule has 1 aliphatic heterocycles. The Morgan fingerprint density at radius 1 is 1.13 bits per heavy atom. The number of methoxy groups -OCH3 is 1. The molecular formula is C22H21BrN2O6. The van der Waals surface area contributed by atoms with Crippen molar-refractivity contribution in [1.29, 1.82) is 0 Å². The molecule has 0 radical (unpaired) electrons. The number of nitrogens with zero attached hydrogens (tertiary/aromatic N) is 1. The Kier molecular flexibility index (Phi) is 7.30. The first-order valence-electron chi connectivity index (χ1n) is 9.47. The number of nitrogens with one attached hydrogen (secondary N) is 1. The molecule has 8 nitrogen and oxygen atoms in total. The van der Waals surface area contributed by atoms with E-state index in [9.17, 15) is 14.4 Å². The first kappa shape index (κ1) is 22.4. The lowest BCUT2D eigenvalue weighted by molar-refractivity contribution is -0.143. The first-order chi connectivity index (χ1) is 14.9. The monoisotopic (exact) mass is 488 g/mol. The van der Waals surface area contributed by atoms with Crippen molar-refractivity contribution < 1.29 is 28.6 Å². The summed E-state index contributed by atoms with van der Waals surface area (Å²) in [5, 5.41) is 2.61. The molecule has 1 aliphatic rings. The van der Waals surface area contributed by atoms with Crippen LogP contribution in [-0.2, 0) is 20.9 Å². The summed E-state index contributed by atoms with van der Waals surface area (Å²) in [5.41, 5.74) is 1.59. The standard InChI is InChI=1S/C22H21BrN2O6/c1-3-30-18-10-15(16(23)11-19(18)31-13-20(26)29-2)9-17-21(27)25(22(28)24-17)12-14-7-5-4-6-8-14/h4-11H,3,12-13H2,1-2H3,(H,24,28)/b17-9+. The Labute approximate surface area is 187 Å². The van der Waals surface area contributed by atoms with Gasteiger partial charge in [0.1, 0.15) is 5.70 Å². The Morgan fingerprint density at radius 2 is 1.84 bits per heavy atom. The van der Waals surface area contributed by atoms with Crippen LogP contribution in [0.2, 0.25) is 0 Å². The van der Waals surface area contributed by atoms with E-state index in [1.54, 1.807) is 18.2 Å². The van der Waals surface area contributed by atoms with Crippen LogP contribution in [0.1, 0.15) is 18.1 Å². The molecule has 9 heteroatoms. The average Bonchev–Trinajstić information content (AvgIpc) is 3.02. The maximum absolute atomic E-state index is 12.8. The number of imide groups is 1. The van der Waals surface area contributed by atoms with Crippen molar-refractivity contribution in [3.8, 4) is 11.5 Å². The lowest BCUT2D eigenvalue weighted by Crippen LogP contribution is -2.30. The Hall–Kier alpha value is -3.33. The van der Waals surface area contributed by atoms with Crippen molar-refractivity contribution in [2.75, 3.05) is 20.3 Å². The van der Waals surface area contributed by atoms with Gasteiger partial charge in [-0.2, -0.15) is 0 Å². The lowest BCUT2D eigenvalue weighted by atomic mass is 10.1. The zero-order valence-electron chi connectivity index (χ0n) is 17.0. The molecule has 3 rings (SSSR count). The molecule has 0 aromatic heterocycles. The van der Waals surface area contributed by atoms with E-state index in [-0.39, 0.29) is 18.8 Å². The fraction of sp³-hybridized carbons (Fsp3) is 0.227. The quantitative estimate of drug-likeness (QED) is 0.347. The number of amides is 3. The SMILES string of the molecule is CCOc1cc(/C=C2/NC(=O)N(Cc3ccccc3)C2=O)c(Br)cc1OCC(=O)OC. The summed E-state index contributed by atoms with van der Waals surface area (Å²) in [4.78, 5) is 37.6. The number of halogens is 1. The number of urea groups is 1. The molecular weight excluding hydrogens is 468 g/mol. The predicted molar refractivity (Wildman–Crippen MR) is 116 cm³/mol. The van der Waals surface area contributed by atoms with Gasteiger partial charge in [0.15, 0.2) is 18.1 Å². The maximum Gasteiger partial charge on any atom is 0.343 e. The summed E-state index contributed by atoms with van der Waals surface area (Å²) < 4.78 is 16.2. The zero-order chi connectivity index (χ0) is 22.4. The number of benzene rings is 2. The number of carbonyl (C=O) groups excluding carboxylic acids is 3. The van der Waals surface area contributed by atoms with E-state index in [0.29, 0.717) is 28.1 Å². The summed E-state index contributed by atoms with van der Waals surface area (Å²) in [6, 6.07) is 12.1. The highest BCUT2D eigenvalue weighted by atomic mass is 79.9. The summed E-state index contributed by atoms with van der Waals surface area (Å²) in [6.45, 7) is 2.08. The van der Waals surface area contributed by atoms with Gasteiger partial charge in [-0.1, -0.05) is 46.3 Å². The lowest BCUT2D eigenvalue weighted by Gasteiger charge is -2.13. The number of rotatable bonds is 8. The minimum Gasteiger partial charge on any atom is -0.490 e. The normalized spacial score (nSPS) is 14.5. The van der Waals surface area contributed by atoms with Crippen molar-refractivity contribution in [2.45, 2.75) is 13.5 Å². The van der Waals surface area contributed by atoms with Crippen LogP contribution >= 0.6 is 15.9 Å². The Morgan fingerprint density at radius 3 is 2.52 bits per heavy atom. The topological polar surface area (TPSA) is 94.2 Å². The van der Waals surface area contributed by atoms with Gasteiger partial charge in [-0.3, -0.25) is 9.69 Å². The van der Waals surface area contributed by atoms with E-state index in [4.69, 9.17) is 9.47 Å². The molecule has 2 aromatic rings. The second kappa shape index (κ2) is 10.1. The molecule has 0 unspecified atom stereocenters. The highest BCUT2D eigenvalue weighted by Gasteiger charge is 2.33. The predicted octanol–water partition coefficient (Wildman–Crippen LogP) is 3.49. The molecule has 162 valence electrons. The van der Waals surface area contributed by atoms with Crippen LogP contribution in [0.15, 0.2) is 52.6 Å². The molecule has 2 aromatic carbocycles. The minimum atomic E-state index is -0.525. The molecule has 0 bridgehead atoms. The highest BCUT2D eigenvalue weighted by molar-refractivity contribution is 9.10. The van der Waals surface area contributed by atoms with Gasteiger partial charge in [-0.05, 0) is 36.3 Å². The van der Waals surface area contributed by atoms with Gasteiger partial charge in [-0.15, -0.1) is 0 Å². The zero-order valence-corrected chi connectivity index (χ0v) is 18.6. The third-order valence-corrected chi connectivity index (χ3v) is 5.07. The van der Waals surface area contributed by atoms with Crippen LogP contribution in [0.3, 0.4) is 0 Å².